The number of ether oxygens (including phenoxy) is 1. The Morgan fingerprint density at radius 3 is 2.89 bits per heavy atom. The monoisotopic (exact) mass is 270 g/mol. The van der Waals surface area contributed by atoms with Crippen LogP contribution in [-0.2, 0) is 20.9 Å². The molecule has 1 aromatic heterocycles. The van der Waals surface area contributed by atoms with Gasteiger partial charge >= 0.3 is 11.8 Å². The molecule has 0 spiro atoms. The van der Waals surface area contributed by atoms with E-state index in [-0.39, 0.29) is 37.8 Å². The third-order valence-electron chi connectivity index (χ3n) is 2.14. The van der Waals surface area contributed by atoms with E-state index in [0.717, 1.165) is 0 Å². The van der Waals surface area contributed by atoms with Gasteiger partial charge in [-0.05, 0) is 16.8 Å². The Balaban J connectivity index is 2.29. The minimum atomic E-state index is -0.614. The zero-order valence-corrected chi connectivity index (χ0v) is 10.4. The minimum Gasteiger partial charge on any atom is -0.465 e. The van der Waals surface area contributed by atoms with Gasteiger partial charge in [0.1, 0.15) is 12.7 Å². The van der Waals surface area contributed by atoms with E-state index in [1.165, 1.54) is 17.1 Å². The van der Waals surface area contributed by atoms with Crippen LogP contribution in [0.4, 0.5) is 5.82 Å². The molecule has 9 heteroatoms. The third kappa shape index (κ3) is 5.15. The van der Waals surface area contributed by atoms with Crippen LogP contribution in [0.25, 0.3) is 0 Å². The van der Waals surface area contributed by atoms with Crippen LogP contribution in [0.3, 0.4) is 0 Å². The molecule has 0 atom stereocenters. The molecule has 19 heavy (non-hydrogen) atoms. The quantitative estimate of drug-likeness (QED) is 0.418. The van der Waals surface area contributed by atoms with Gasteiger partial charge in [-0.25, -0.2) is 0 Å². The zero-order valence-electron chi connectivity index (χ0n) is 10.4. The maximum Gasteiger partial charge on any atom is 0.381 e. The smallest absolute Gasteiger partial charge is 0.381 e. The molecule has 0 aromatic carbocycles. The first-order valence-electron chi connectivity index (χ1n) is 5.61. The van der Waals surface area contributed by atoms with Crippen molar-refractivity contribution in [3.8, 4) is 0 Å². The molecule has 0 saturated heterocycles. The molecule has 1 rings (SSSR count). The predicted molar refractivity (Wildman–Crippen MR) is 63.1 cm³/mol. The highest BCUT2D eigenvalue weighted by molar-refractivity contribution is 5.81. The van der Waals surface area contributed by atoms with E-state index in [4.69, 9.17) is 0 Å². The number of nitro groups is 1. The molecule has 1 N–H and O–H groups in total. The van der Waals surface area contributed by atoms with Crippen molar-refractivity contribution in [1.29, 1.82) is 0 Å². The second kappa shape index (κ2) is 7.09. The van der Waals surface area contributed by atoms with Gasteiger partial charge in [0.05, 0.1) is 6.61 Å². The molecule has 0 bridgehead atoms. The Kier molecular flexibility index (Phi) is 5.45. The Bertz CT molecular complexity index is 470. The maximum atomic E-state index is 11.4. The number of aryl methyl sites for hydroxylation is 1. The normalized spacial score (nSPS) is 9.95. The van der Waals surface area contributed by atoms with Crippen LogP contribution in [0.1, 0.15) is 13.3 Å². The highest BCUT2D eigenvalue weighted by Crippen LogP contribution is 2.05. The fourth-order valence-corrected chi connectivity index (χ4v) is 1.27. The minimum absolute atomic E-state index is 0.0902. The molecule has 0 aliphatic carbocycles. The molecule has 1 aromatic rings. The van der Waals surface area contributed by atoms with Gasteiger partial charge in [-0.3, -0.25) is 9.59 Å². The first-order chi connectivity index (χ1) is 9.02. The third-order valence-corrected chi connectivity index (χ3v) is 2.14. The zero-order chi connectivity index (χ0) is 14.3. The van der Waals surface area contributed by atoms with Gasteiger partial charge in [-0.2, -0.15) is 0 Å². The van der Waals surface area contributed by atoms with Gasteiger partial charge in [0.25, 0.3) is 0 Å². The number of hydrogen-bond donors (Lipinski definition) is 1. The second-order valence-electron chi connectivity index (χ2n) is 3.56. The number of carbonyl (C=O) groups is 2. The van der Waals surface area contributed by atoms with E-state index in [1.807, 2.05) is 0 Å². The van der Waals surface area contributed by atoms with Crippen LogP contribution in [0, 0.1) is 10.1 Å². The van der Waals surface area contributed by atoms with Crippen LogP contribution < -0.4 is 5.32 Å². The summed E-state index contributed by atoms with van der Waals surface area (Å²) in [6, 6.07) is 0. The topological polar surface area (TPSA) is 116 Å². The van der Waals surface area contributed by atoms with Crippen LogP contribution in [0.15, 0.2) is 12.5 Å². The number of carbonyl (C=O) groups excluding carboxylic acids is 2. The Labute approximate surface area is 108 Å². The molecule has 1 heterocycles. The van der Waals surface area contributed by atoms with Gasteiger partial charge in [0.2, 0.25) is 12.2 Å². The summed E-state index contributed by atoms with van der Waals surface area (Å²) in [4.78, 5) is 35.7. The fraction of sp³-hybridized carbons (Fsp3) is 0.500. The number of nitrogens with one attached hydrogen (secondary N) is 1. The summed E-state index contributed by atoms with van der Waals surface area (Å²) in [5.41, 5.74) is 0. The van der Waals surface area contributed by atoms with Gasteiger partial charge in [-0.1, -0.05) is 0 Å². The highest BCUT2D eigenvalue weighted by atomic mass is 16.6. The van der Waals surface area contributed by atoms with Crippen molar-refractivity contribution in [3.05, 3.63) is 22.6 Å². The first-order valence-corrected chi connectivity index (χ1v) is 5.61. The van der Waals surface area contributed by atoms with Crippen molar-refractivity contribution in [2.75, 3.05) is 13.2 Å². The lowest BCUT2D eigenvalue weighted by atomic mass is 10.4. The summed E-state index contributed by atoms with van der Waals surface area (Å²) < 4.78 is 6.07. The van der Waals surface area contributed by atoms with Gasteiger partial charge in [0.15, 0.2) is 0 Å². The lowest BCUT2D eigenvalue weighted by Gasteiger charge is -2.04. The van der Waals surface area contributed by atoms with Crippen LogP contribution >= 0.6 is 0 Å². The van der Waals surface area contributed by atoms with E-state index in [1.54, 1.807) is 6.92 Å². The molecule has 9 nitrogen and oxygen atoms in total. The summed E-state index contributed by atoms with van der Waals surface area (Å²) in [7, 11) is 0. The van der Waals surface area contributed by atoms with Crippen LogP contribution in [-0.4, -0.2) is 39.5 Å². The van der Waals surface area contributed by atoms with Gasteiger partial charge in [0, 0.05) is 13.0 Å². The van der Waals surface area contributed by atoms with E-state index in [2.05, 4.69) is 15.0 Å². The van der Waals surface area contributed by atoms with Crippen molar-refractivity contribution in [1.82, 2.24) is 14.9 Å². The van der Waals surface area contributed by atoms with Crippen molar-refractivity contribution in [2.45, 2.75) is 19.9 Å². The fourth-order valence-electron chi connectivity index (χ4n) is 1.27. The molecular formula is C10H14N4O5. The Morgan fingerprint density at radius 1 is 1.58 bits per heavy atom. The molecule has 0 aliphatic rings. The molecule has 1 amide bonds. The van der Waals surface area contributed by atoms with Crippen molar-refractivity contribution < 1.29 is 19.2 Å². The lowest BCUT2D eigenvalue weighted by molar-refractivity contribution is -0.389. The molecule has 0 fully saturated rings. The summed E-state index contributed by atoms with van der Waals surface area (Å²) in [5.74, 6) is -1.12. The maximum absolute atomic E-state index is 11.4. The number of hydrogen-bond acceptors (Lipinski definition) is 6. The van der Waals surface area contributed by atoms with Crippen molar-refractivity contribution in [3.63, 3.8) is 0 Å². The summed E-state index contributed by atoms with van der Waals surface area (Å²) in [6.45, 7) is 1.99. The van der Waals surface area contributed by atoms with Gasteiger partial charge < -0.3 is 24.7 Å². The Morgan fingerprint density at radius 2 is 2.32 bits per heavy atom. The largest absolute Gasteiger partial charge is 0.465 e. The van der Waals surface area contributed by atoms with Crippen molar-refractivity contribution in [2.24, 2.45) is 0 Å². The molecule has 0 radical (unpaired) electrons. The number of imidazole rings is 1. The average molecular weight is 270 g/mol. The highest BCUT2D eigenvalue weighted by Gasteiger charge is 2.11. The predicted octanol–water partition coefficient (Wildman–Crippen LogP) is -0.139. The standard InChI is InChI=1S/C10H14N4O5/c1-2-19-10(16)5-11-9(15)3-4-13-6-8(12-7-13)14(17)18/h6-7H,2-5H2,1H3,(H,11,15). The van der Waals surface area contributed by atoms with Gasteiger partial charge in [-0.15, -0.1) is 0 Å². The SMILES string of the molecule is CCOC(=O)CNC(=O)CCn1cnc([N+](=O)[O-])c1. The first kappa shape index (κ1) is 14.6. The molecule has 104 valence electrons. The Hall–Kier alpha value is -2.45. The number of amides is 1. The number of esters is 1. The summed E-state index contributed by atoms with van der Waals surface area (Å²) in [5, 5.41) is 12.8. The second-order valence-corrected chi connectivity index (χ2v) is 3.56. The van der Waals surface area contributed by atoms with E-state index in [9.17, 15) is 19.7 Å². The van der Waals surface area contributed by atoms with Crippen molar-refractivity contribution >= 4 is 17.7 Å². The van der Waals surface area contributed by atoms with E-state index >= 15 is 0 Å². The summed E-state index contributed by atoms with van der Waals surface area (Å²) >= 11 is 0. The molecule has 0 aliphatic heterocycles. The summed E-state index contributed by atoms with van der Waals surface area (Å²) in [6.07, 6.45) is 2.60. The van der Waals surface area contributed by atoms with Crippen LogP contribution in [0.5, 0.6) is 0 Å². The average Bonchev–Trinajstić information content (AvgIpc) is 2.83. The number of nitrogens with zero attached hydrogens (tertiary/aromatic N) is 3. The van der Waals surface area contributed by atoms with E-state index < -0.39 is 10.9 Å². The number of aromatic nitrogens is 2. The number of rotatable bonds is 7. The molecule has 0 saturated carbocycles. The van der Waals surface area contributed by atoms with Crippen LogP contribution in [0.2, 0.25) is 0 Å². The lowest BCUT2D eigenvalue weighted by Crippen LogP contribution is -2.31. The molecule has 0 unspecified atom stereocenters. The van der Waals surface area contributed by atoms with E-state index in [0.29, 0.717) is 0 Å². The molecular weight excluding hydrogens is 256 g/mol.